The number of fused-ring (bicyclic) bond motifs is 9. The third-order valence-electron chi connectivity index (χ3n) is 12.1. The number of aromatic nitrogens is 5. The van der Waals surface area contributed by atoms with Crippen LogP contribution in [0.3, 0.4) is 0 Å². The number of nitrogens with zero attached hydrogens (tertiary/aromatic N) is 5. The molecule has 61 heavy (non-hydrogen) atoms. The lowest BCUT2D eigenvalue weighted by Crippen LogP contribution is -2.05. The van der Waals surface area contributed by atoms with Crippen LogP contribution in [0.4, 0.5) is 0 Å². The lowest BCUT2D eigenvalue weighted by molar-refractivity contribution is 1.03. The van der Waals surface area contributed by atoms with Gasteiger partial charge in [0.1, 0.15) is 5.65 Å². The first-order valence-corrected chi connectivity index (χ1v) is 21.3. The van der Waals surface area contributed by atoms with E-state index in [0.717, 1.165) is 38.7 Å². The highest BCUT2D eigenvalue weighted by Crippen LogP contribution is 2.49. The molecule has 0 radical (unpaired) electrons. The molecule has 0 unspecified atom stereocenters. The van der Waals surface area contributed by atoms with Crippen LogP contribution in [0.2, 0.25) is 0 Å². The van der Waals surface area contributed by atoms with Gasteiger partial charge in [-0.3, -0.25) is 9.13 Å². The zero-order valence-corrected chi connectivity index (χ0v) is 33.5. The van der Waals surface area contributed by atoms with E-state index in [1.165, 1.54) is 64.7 Å². The summed E-state index contributed by atoms with van der Waals surface area (Å²) in [6.07, 6.45) is 0. The summed E-state index contributed by atoms with van der Waals surface area (Å²) in [4.78, 5) is 17.9. The molecule has 9 aromatic carbocycles. The molecule has 0 bridgehead atoms. The molecule has 0 fully saturated rings. The maximum atomic E-state index is 5.16. The Morgan fingerprint density at radius 3 is 1.87 bits per heavy atom. The van der Waals surface area contributed by atoms with E-state index in [-0.39, 0.29) is 0 Å². The zero-order chi connectivity index (χ0) is 40.0. The molecule has 0 amide bonds. The first-order chi connectivity index (χ1) is 30.2. The lowest BCUT2D eigenvalue weighted by Gasteiger charge is -2.21. The summed E-state index contributed by atoms with van der Waals surface area (Å²) in [5.74, 6) is 1.91. The summed E-state index contributed by atoms with van der Waals surface area (Å²) >= 11 is 1.85. The Morgan fingerprint density at radius 1 is 0.377 bits per heavy atom. The quantitative estimate of drug-likeness (QED) is 0.174. The van der Waals surface area contributed by atoms with E-state index >= 15 is 0 Å². The monoisotopic (exact) mass is 795 g/mol. The van der Waals surface area contributed by atoms with Gasteiger partial charge in [-0.2, -0.15) is 0 Å². The van der Waals surface area contributed by atoms with E-state index in [1.807, 2.05) is 30.0 Å². The van der Waals surface area contributed by atoms with E-state index in [9.17, 15) is 0 Å². The third kappa shape index (κ3) is 5.32. The minimum Gasteiger partial charge on any atom is -0.295 e. The number of benzene rings is 9. The first-order valence-electron chi connectivity index (χ1n) is 20.5. The highest BCUT2D eigenvalue weighted by atomic mass is 32.2. The van der Waals surface area contributed by atoms with E-state index in [2.05, 4.69) is 191 Å². The first kappa shape index (κ1) is 34.1. The second-order valence-corrected chi connectivity index (χ2v) is 16.7. The van der Waals surface area contributed by atoms with Crippen molar-refractivity contribution in [3.05, 3.63) is 200 Å². The molecule has 0 N–H and O–H groups in total. The molecule has 0 saturated carbocycles. The second kappa shape index (κ2) is 13.4. The molecule has 12 aromatic rings. The van der Waals surface area contributed by atoms with Gasteiger partial charge in [0, 0.05) is 48.3 Å². The van der Waals surface area contributed by atoms with Gasteiger partial charge in [-0.05, 0) is 75.1 Å². The molecule has 0 saturated heterocycles. The van der Waals surface area contributed by atoms with Gasteiger partial charge in [0.15, 0.2) is 17.5 Å². The van der Waals surface area contributed by atoms with Gasteiger partial charge in [-0.15, -0.1) is 0 Å². The Morgan fingerprint density at radius 2 is 1.00 bits per heavy atom. The van der Waals surface area contributed by atoms with Crippen LogP contribution >= 0.6 is 11.8 Å². The Balaban J connectivity index is 0.972. The molecule has 3 aromatic heterocycles. The number of para-hydroxylation sites is 3. The van der Waals surface area contributed by atoms with Crippen molar-refractivity contribution in [1.29, 1.82) is 0 Å². The van der Waals surface area contributed by atoms with Gasteiger partial charge in [0.25, 0.3) is 0 Å². The minimum absolute atomic E-state index is 0.631. The number of hydrogen-bond donors (Lipinski definition) is 0. The van der Waals surface area contributed by atoms with E-state index < -0.39 is 0 Å². The van der Waals surface area contributed by atoms with E-state index in [0.29, 0.717) is 17.5 Å². The summed E-state index contributed by atoms with van der Waals surface area (Å²) in [6, 6.07) is 71.4. The largest absolute Gasteiger partial charge is 0.295 e. The molecular formula is C55H33N5S. The molecular weight excluding hydrogens is 763 g/mol. The topological polar surface area (TPSA) is 48.5 Å². The molecule has 0 spiro atoms. The third-order valence-corrected chi connectivity index (χ3v) is 13.2. The highest BCUT2D eigenvalue weighted by molar-refractivity contribution is 7.99. The Kier molecular flexibility index (Phi) is 7.47. The van der Waals surface area contributed by atoms with Crippen molar-refractivity contribution in [3.8, 4) is 56.7 Å². The fraction of sp³-hybridized carbons (Fsp3) is 0. The van der Waals surface area contributed by atoms with Gasteiger partial charge in [-0.25, -0.2) is 15.0 Å². The summed E-state index contributed by atoms with van der Waals surface area (Å²) < 4.78 is 4.93. The van der Waals surface area contributed by atoms with Crippen LogP contribution in [-0.4, -0.2) is 24.1 Å². The normalized spacial score (nSPS) is 12.2. The smallest absolute Gasteiger partial charge is 0.164 e. The number of rotatable bonds is 5. The van der Waals surface area contributed by atoms with Crippen molar-refractivity contribution < 1.29 is 0 Å². The summed E-state index contributed by atoms with van der Waals surface area (Å²) in [5, 5.41) is 8.50. The molecule has 6 heteroatoms. The van der Waals surface area contributed by atoms with Crippen LogP contribution in [0.25, 0.3) is 111 Å². The Labute approximate surface area is 355 Å². The molecule has 1 aliphatic heterocycles. The maximum Gasteiger partial charge on any atom is 0.164 e. The van der Waals surface area contributed by atoms with Crippen molar-refractivity contribution in [2.45, 2.75) is 9.79 Å². The van der Waals surface area contributed by atoms with Crippen LogP contribution in [0.15, 0.2) is 210 Å². The van der Waals surface area contributed by atoms with Gasteiger partial charge in [-0.1, -0.05) is 169 Å². The average molecular weight is 796 g/mol. The molecule has 0 aliphatic carbocycles. The summed E-state index contributed by atoms with van der Waals surface area (Å²) in [5.41, 5.74) is 11.1. The van der Waals surface area contributed by atoms with Crippen LogP contribution in [0.1, 0.15) is 0 Å². The maximum absolute atomic E-state index is 5.16. The van der Waals surface area contributed by atoms with E-state index in [1.54, 1.807) is 0 Å². The van der Waals surface area contributed by atoms with Gasteiger partial charge in [0.2, 0.25) is 0 Å². The van der Waals surface area contributed by atoms with Crippen LogP contribution in [0.5, 0.6) is 0 Å². The van der Waals surface area contributed by atoms with Crippen molar-refractivity contribution in [1.82, 2.24) is 24.1 Å². The van der Waals surface area contributed by atoms with E-state index in [4.69, 9.17) is 15.0 Å². The van der Waals surface area contributed by atoms with Crippen molar-refractivity contribution in [3.63, 3.8) is 0 Å². The van der Waals surface area contributed by atoms with Crippen LogP contribution < -0.4 is 0 Å². The predicted octanol–water partition coefficient (Wildman–Crippen LogP) is 14.4. The lowest BCUT2D eigenvalue weighted by atomic mass is 9.97. The second-order valence-electron chi connectivity index (χ2n) is 15.6. The van der Waals surface area contributed by atoms with Gasteiger partial charge in [0.05, 0.1) is 16.7 Å². The number of hydrogen-bond acceptors (Lipinski definition) is 4. The molecule has 0 atom stereocenters. The van der Waals surface area contributed by atoms with Crippen LogP contribution in [-0.2, 0) is 0 Å². The highest BCUT2D eigenvalue weighted by Gasteiger charge is 2.27. The van der Waals surface area contributed by atoms with Crippen molar-refractivity contribution in [2.75, 3.05) is 0 Å². The molecule has 1 aliphatic rings. The molecule has 284 valence electrons. The summed E-state index contributed by atoms with van der Waals surface area (Å²) in [7, 11) is 0. The fourth-order valence-corrected chi connectivity index (χ4v) is 10.4. The Bertz CT molecular complexity index is 3730. The fourth-order valence-electron chi connectivity index (χ4n) is 9.33. The van der Waals surface area contributed by atoms with Gasteiger partial charge >= 0.3 is 0 Å². The van der Waals surface area contributed by atoms with Crippen LogP contribution in [0, 0.1) is 0 Å². The minimum atomic E-state index is 0.631. The van der Waals surface area contributed by atoms with Gasteiger partial charge < -0.3 is 0 Å². The zero-order valence-electron chi connectivity index (χ0n) is 32.7. The standard InChI is InChI=1S/C55H33N5S/c1-2-13-37(14-3-1)52-56-53(38-27-25-36(26-28-38)43-18-10-15-35-12-4-5-16-42(35)43)58-54(57-52)39-29-24-34-30-31-41(33-40(34)32-39)59-46-20-7-6-17-44(46)50-45-19-11-23-49-51(45)60(55(50)59)47-21-8-9-22-48(47)61-49/h1-33H. The van der Waals surface area contributed by atoms with Crippen molar-refractivity contribution in [2.24, 2.45) is 0 Å². The SMILES string of the molecule is c1ccc(-c2nc(-c3ccc(-c4cccc5ccccc45)cc3)nc(-c3ccc4ccc(-n5c6ccccc6c6c7cccc8c7n(c65)-c5ccccc5S8)cc4c3)n2)cc1. The summed E-state index contributed by atoms with van der Waals surface area (Å²) in [6.45, 7) is 0. The van der Waals surface area contributed by atoms with Crippen molar-refractivity contribution >= 4 is 66.1 Å². The molecule has 13 rings (SSSR count). The average Bonchev–Trinajstić information content (AvgIpc) is 3.85. The molecule has 4 heterocycles. The Hall–Kier alpha value is -7.80. The molecule has 5 nitrogen and oxygen atoms in total. The predicted molar refractivity (Wildman–Crippen MR) is 252 cm³/mol.